The summed E-state index contributed by atoms with van der Waals surface area (Å²) in [6.45, 7) is 4.76. The van der Waals surface area contributed by atoms with Gasteiger partial charge >= 0.3 is 5.97 Å². The molecule has 0 bridgehead atoms. The smallest absolute Gasteiger partial charge is 0.354 e. The molecule has 3 aromatic rings. The lowest BCUT2D eigenvalue weighted by Crippen LogP contribution is -2.05. The summed E-state index contributed by atoms with van der Waals surface area (Å²) < 4.78 is 5.99. The van der Waals surface area contributed by atoms with Crippen LogP contribution in [0, 0.1) is 5.92 Å². The van der Waals surface area contributed by atoms with E-state index in [2.05, 4.69) is 18.8 Å². The minimum atomic E-state index is -1.06. The Bertz CT molecular complexity index is 969. The zero-order chi connectivity index (χ0) is 19.4. The maximum absolute atomic E-state index is 11.3. The van der Waals surface area contributed by atoms with Gasteiger partial charge in [-0.3, -0.25) is 0 Å². The second-order valence-corrected chi connectivity index (χ2v) is 7.04. The van der Waals surface area contributed by atoms with Crippen molar-refractivity contribution in [3.63, 3.8) is 0 Å². The molecule has 0 amide bonds. The average Bonchev–Trinajstić information content (AvgIpc) is 2.67. The first-order valence-electron chi connectivity index (χ1n) is 8.68. The summed E-state index contributed by atoms with van der Waals surface area (Å²) in [5, 5.41) is 9.85. The van der Waals surface area contributed by atoms with E-state index in [1.54, 1.807) is 18.2 Å². The number of aromatic carboxylic acids is 1. The van der Waals surface area contributed by atoms with Crippen molar-refractivity contribution in [1.82, 2.24) is 4.98 Å². The summed E-state index contributed by atoms with van der Waals surface area (Å²) in [6.07, 6.45) is 0. The lowest BCUT2D eigenvalue weighted by Gasteiger charge is -2.16. The Morgan fingerprint density at radius 3 is 2.48 bits per heavy atom. The van der Waals surface area contributed by atoms with Gasteiger partial charge in [-0.15, -0.1) is 0 Å². The number of aromatic nitrogens is 1. The van der Waals surface area contributed by atoms with E-state index in [1.165, 1.54) is 6.07 Å². The molecule has 0 aliphatic heterocycles. The quantitative estimate of drug-likeness (QED) is 0.586. The van der Waals surface area contributed by atoms with Crippen LogP contribution in [0.2, 0.25) is 5.02 Å². The molecule has 0 spiro atoms. The van der Waals surface area contributed by atoms with Crippen LogP contribution in [0.3, 0.4) is 0 Å². The topological polar surface area (TPSA) is 59.4 Å². The highest BCUT2D eigenvalue weighted by Gasteiger charge is 2.15. The normalized spacial score (nSPS) is 10.8. The Labute approximate surface area is 163 Å². The van der Waals surface area contributed by atoms with Crippen molar-refractivity contribution in [3.05, 3.63) is 71.4 Å². The molecule has 1 aromatic heterocycles. The molecule has 0 fully saturated rings. The van der Waals surface area contributed by atoms with Crippen LogP contribution in [0.15, 0.2) is 60.7 Å². The first-order chi connectivity index (χ1) is 13.0. The van der Waals surface area contributed by atoms with Crippen LogP contribution < -0.4 is 4.74 Å². The molecular formula is C22H20ClNO3. The standard InChI is InChI=1S/C22H20ClNO3/c1-14(2)13-27-21-11-10-15(23)12-18(21)16-6-3-4-7-17(16)19-8-5-9-20(24-19)22(25)26/h3-12,14H,13H2,1-2H3,(H,25,26). The SMILES string of the molecule is CC(C)COc1ccc(Cl)cc1-c1ccccc1-c1cccc(C(=O)O)n1. The third-order valence-electron chi connectivity index (χ3n) is 3.98. The van der Waals surface area contributed by atoms with Gasteiger partial charge in [0.2, 0.25) is 0 Å². The molecule has 0 atom stereocenters. The number of carbonyl (C=O) groups is 1. The van der Waals surface area contributed by atoms with E-state index in [-0.39, 0.29) is 5.69 Å². The Morgan fingerprint density at radius 1 is 1.04 bits per heavy atom. The summed E-state index contributed by atoms with van der Waals surface area (Å²) in [5.41, 5.74) is 3.14. The number of hydrogen-bond donors (Lipinski definition) is 1. The first-order valence-corrected chi connectivity index (χ1v) is 9.06. The van der Waals surface area contributed by atoms with Crippen LogP contribution in [0.4, 0.5) is 0 Å². The predicted molar refractivity (Wildman–Crippen MR) is 107 cm³/mol. The van der Waals surface area contributed by atoms with E-state index in [0.29, 0.717) is 23.2 Å². The molecular weight excluding hydrogens is 362 g/mol. The fourth-order valence-electron chi connectivity index (χ4n) is 2.74. The molecule has 1 N–H and O–H groups in total. The van der Waals surface area contributed by atoms with Crippen molar-refractivity contribution in [2.45, 2.75) is 13.8 Å². The molecule has 0 aliphatic rings. The second kappa shape index (κ2) is 8.23. The minimum absolute atomic E-state index is 0.00433. The number of carboxylic acid groups (broad SMARTS) is 1. The van der Waals surface area contributed by atoms with Gasteiger partial charge in [-0.05, 0) is 41.8 Å². The molecule has 0 saturated heterocycles. The molecule has 4 nitrogen and oxygen atoms in total. The van der Waals surface area contributed by atoms with Gasteiger partial charge in [-0.1, -0.05) is 55.8 Å². The first kappa shape index (κ1) is 18.9. The van der Waals surface area contributed by atoms with Crippen molar-refractivity contribution in [2.24, 2.45) is 5.92 Å². The van der Waals surface area contributed by atoms with E-state index < -0.39 is 5.97 Å². The molecule has 0 aliphatic carbocycles. The van der Waals surface area contributed by atoms with E-state index in [0.717, 1.165) is 22.4 Å². The fraction of sp³-hybridized carbons (Fsp3) is 0.182. The Kier molecular flexibility index (Phi) is 5.77. The van der Waals surface area contributed by atoms with Crippen molar-refractivity contribution in [3.8, 4) is 28.1 Å². The number of nitrogens with zero attached hydrogens (tertiary/aromatic N) is 1. The van der Waals surface area contributed by atoms with Gasteiger partial charge in [0, 0.05) is 16.1 Å². The van der Waals surface area contributed by atoms with E-state index >= 15 is 0 Å². The third-order valence-corrected chi connectivity index (χ3v) is 4.21. The van der Waals surface area contributed by atoms with Gasteiger partial charge < -0.3 is 9.84 Å². The summed E-state index contributed by atoms with van der Waals surface area (Å²) in [4.78, 5) is 15.6. The van der Waals surface area contributed by atoms with Crippen LogP contribution >= 0.6 is 11.6 Å². The van der Waals surface area contributed by atoms with Gasteiger partial charge in [-0.2, -0.15) is 0 Å². The Hall–Kier alpha value is -2.85. The maximum atomic E-state index is 11.3. The third kappa shape index (κ3) is 4.47. The zero-order valence-corrected chi connectivity index (χ0v) is 15.9. The highest BCUT2D eigenvalue weighted by atomic mass is 35.5. The van der Waals surface area contributed by atoms with Crippen LogP contribution in [-0.2, 0) is 0 Å². The minimum Gasteiger partial charge on any atom is -0.493 e. The second-order valence-electron chi connectivity index (χ2n) is 6.60. The molecule has 2 aromatic carbocycles. The molecule has 0 unspecified atom stereocenters. The highest BCUT2D eigenvalue weighted by molar-refractivity contribution is 6.31. The number of pyridine rings is 1. The summed E-state index contributed by atoms with van der Waals surface area (Å²) in [6, 6.07) is 18.2. The van der Waals surface area contributed by atoms with Crippen LogP contribution in [0.25, 0.3) is 22.4 Å². The van der Waals surface area contributed by atoms with Gasteiger partial charge in [0.25, 0.3) is 0 Å². The van der Waals surface area contributed by atoms with Gasteiger partial charge in [0.15, 0.2) is 0 Å². The Morgan fingerprint density at radius 2 is 1.78 bits per heavy atom. The predicted octanol–water partition coefficient (Wildman–Crippen LogP) is 5.80. The number of benzene rings is 2. The molecule has 3 rings (SSSR count). The van der Waals surface area contributed by atoms with E-state index in [4.69, 9.17) is 16.3 Å². The number of rotatable bonds is 6. The molecule has 5 heteroatoms. The van der Waals surface area contributed by atoms with Crippen molar-refractivity contribution in [2.75, 3.05) is 6.61 Å². The number of halogens is 1. The molecule has 0 radical (unpaired) electrons. The summed E-state index contributed by atoms with van der Waals surface area (Å²) in [7, 11) is 0. The monoisotopic (exact) mass is 381 g/mol. The van der Waals surface area contributed by atoms with Crippen molar-refractivity contribution >= 4 is 17.6 Å². The Balaban J connectivity index is 2.13. The highest BCUT2D eigenvalue weighted by Crippen LogP contribution is 2.38. The molecule has 27 heavy (non-hydrogen) atoms. The molecule has 1 heterocycles. The maximum Gasteiger partial charge on any atom is 0.354 e. The van der Waals surface area contributed by atoms with Crippen LogP contribution in [0.5, 0.6) is 5.75 Å². The number of hydrogen-bond acceptors (Lipinski definition) is 3. The fourth-order valence-corrected chi connectivity index (χ4v) is 2.91. The van der Waals surface area contributed by atoms with Crippen LogP contribution in [-0.4, -0.2) is 22.7 Å². The van der Waals surface area contributed by atoms with Gasteiger partial charge in [-0.25, -0.2) is 9.78 Å². The largest absolute Gasteiger partial charge is 0.493 e. The molecule has 138 valence electrons. The molecule has 0 saturated carbocycles. The summed E-state index contributed by atoms with van der Waals surface area (Å²) in [5.74, 6) is 0.0608. The van der Waals surface area contributed by atoms with Gasteiger partial charge in [0.05, 0.1) is 12.3 Å². The lowest BCUT2D eigenvalue weighted by molar-refractivity contribution is 0.0690. The van der Waals surface area contributed by atoms with E-state index in [1.807, 2.05) is 36.4 Å². The van der Waals surface area contributed by atoms with Gasteiger partial charge in [0.1, 0.15) is 11.4 Å². The van der Waals surface area contributed by atoms with Crippen molar-refractivity contribution in [1.29, 1.82) is 0 Å². The summed E-state index contributed by atoms with van der Waals surface area (Å²) >= 11 is 6.25. The number of ether oxygens (including phenoxy) is 1. The average molecular weight is 382 g/mol. The van der Waals surface area contributed by atoms with Crippen molar-refractivity contribution < 1.29 is 14.6 Å². The zero-order valence-electron chi connectivity index (χ0n) is 15.1. The van der Waals surface area contributed by atoms with E-state index in [9.17, 15) is 9.90 Å². The van der Waals surface area contributed by atoms with Crippen LogP contribution in [0.1, 0.15) is 24.3 Å². The lowest BCUT2D eigenvalue weighted by atomic mass is 9.96. The number of carboxylic acids is 1.